The number of nitrogens with zero attached hydrogens (tertiary/aromatic N) is 2. The van der Waals surface area contributed by atoms with Crippen molar-refractivity contribution < 1.29 is 0 Å². The minimum absolute atomic E-state index is 0.663. The summed E-state index contributed by atoms with van der Waals surface area (Å²) in [7, 11) is 1.77. The van der Waals surface area contributed by atoms with Crippen LogP contribution in [0.5, 0.6) is 0 Å². The van der Waals surface area contributed by atoms with Crippen LogP contribution in [0.2, 0.25) is 0 Å². The fourth-order valence-electron chi connectivity index (χ4n) is 1.87. The maximum atomic E-state index is 4.45. The van der Waals surface area contributed by atoms with Crippen LogP contribution in [0.15, 0.2) is 53.5 Å². The van der Waals surface area contributed by atoms with Gasteiger partial charge >= 0.3 is 0 Å². The number of aliphatic imine (C=N–C) groups is 1. The van der Waals surface area contributed by atoms with Gasteiger partial charge in [0.25, 0.3) is 0 Å². The van der Waals surface area contributed by atoms with Gasteiger partial charge in [0.1, 0.15) is 0 Å². The quantitative estimate of drug-likeness (QED) is 0.660. The van der Waals surface area contributed by atoms with Crippen LogP contribution in [0.4, 0.5) is 0 Å². The van der Waals surface area contributed by atoms with E-state index in [1.807, 2.05) is 43.3 Å². The highest BCUT2D eigenvalue weighted by Crippen LogP contribution is 1.98. The van der Waals surface area contributed by atoms with E-state index in [4.69, 9.17) is 0 Å². The number of nitrogens with one attached hydrogen (secondary N) is 2. The molecule has 2 N–H and O–H groups in total. The molecular formula is C16H20N4. The topological polar surface area (TPSA) is 49.3 Å². The Morgan fingerprint density at radius 2 is 1.75 bits per heavy atom. The number of benzene rings is 1. The van der Waals surface area contributed by atoms with Gasteiger partial charge in [-0.3, -0.25) is 9.98 Å². The van der Waals surface area contributed by atoms with Gasteiger partial charge in [0, 0.05) is 19.3 Å². The number of guanidine groups is 1. The van der Waals surface area contributed by atoms with Gasteiger partial charge in [0.15, 0.2) is 5.96 Å². The van der Waals surface area contributed by atoms with Crippen molar-refractivity contribution in [2.45, 2.75) is 20.0 Å². The second kappa shape index (κ2) is 7.28. The van der Waals surface area contributed by atoms with Gasteiger partial charge in [0.2, 0.25) is 0 Å². The van der Waals surface area contributed by atoms with Crippen molar-refractivity contribution in [2.24, 2.45) is 4.99 Å². The third kappa shape index (κ3) is 4.39. The molecule has 0 radical (unpaired) electrons. The molecule has 0 bridgehead atoms. The van der Waals surface area contributed by atoms with Crippen LogP contribution >= 0.6 is 0 Å². The van der Waals surface area contributed by atoms with Gasteiger partial charge in [-0.2, -0.15) is 0 Å². The summed E-state index contributed by atoms with van der Waals surface area (Å²) in [6, 6.07) is 16.3. The summed E-state index contributed by atoms with van der Waals surface area (Å²) in [5, 5.41) is 6.54. The first-order chi connectivity index (χ1) is 9.78. The normalized spacial score (nSPS) is 11.2. The van der Waals surface area contributed by atoms with Crippen molar-refractivity contribution in [1.82, 2.24) is 15.6 Å². The maximum Gasteiger partial charge on any atom is 0.191 e. The van der Waals surface area contributed by atoms with E-state index in [1.54, 1.807) is 7.05 Å². The van der Waals surface area contributed by atoms with Crippen LogP contribution in [-0.4, -0.2) is 18.0 Å². The molecule has 0 amide bonds. The van der Waals surface area contributed by atoms with Gasteiger partial charge in [-0.15, -0.1) is 0 Å². The summed E-state index contributed by atoms with van der Waals surface area (Å²) in [5.41, 5.74) is 3.26. The molecule has 4 nitrogen and oxygen atoms in total. The number of hydrogen-bond donors (Lipinski definition) is 2. The summed E-state index contributed by atoms with van der Waals surface area (Å²) < 4.78 is 0. The summed E-state index contributed by atoms with van der Waals surface area (Å²) >= 11 is 0. The monoisotopic (exact) mass is 268 g/mol. The lowest BCUT2D eigenvalue weighted by Crippen LogP contribution is -2.36. The van der Waals surface area contributed by atoms with E-state index in [9.17, 15) is 0 Å². The molecule has 2 aromatic rings. The second-order valence-corrected chi connectivity index (χ2v) is 4.54. The molecule has 0 spiro atoms. The summed E-state index contributed by atoms with van der Waals surface area (Å²) in [6.45, 7) is 3.41. The standard InChI is InChI=1S/C16H20N4/c1-13-7-6-10-15(20-13)12-19-16(17-2)18-11-14-8-4-3-5-9-14/h3-10H,11-12H2,1-2H3,(H2,17,18,19). The first-order valence-corrected chi connectivity index (χ1v) is 6.69. The molecule has 0 aliphatic carbocycles. The van der Waals surface area contributed by atoms with Crippen molar-refractivity contribution in [3.8, 4) is 0 Å². The predicted molar refractivity (Wildman–Crippen MR) is 82.5 cm³/mol. The van der Waals surface area contributed by atoms with Crippen LogP contribution < -0.4 is 10.6 Å². The molecule has 0 aliphatic rings. The fourth-order valence-corrected chi connectivity index (χ4v) is 1.87. The minimum atomic E-state index is 0.663. The van der Waals surface area contributed by atoms with Crippen molar-refractivity contribution in [2.75, 3.05) is 7.05 Å². The molecule has 0 saturated carbocycles. The summed E-state index contributed by atoms with van der Waals surface area (Å²) in [5.74, 6) is 0.775. The average molecular weight is 268 g/mol. The van der Waals surface area contributed by atoms with E-state index >= 15 is 0 Å². The van der Waals surface area contributed by atoms with Gasteiger partial charge in [-0.05, 0) is 24.6 Å². The molecular weight excluding hydrogens is 248 g/mol. The van der Waals surface area contributed by atoms with Gasteiger partial charge in [-0.25, -0.2) is 0 Å². The lowest BCUT2D eigenvalue weighted by molar-refractivity contribution is 0.791. The molecule has 0 aliphatic heterocycles. The van der Waals surface area contributed by atoms with Crippen molar-refractivity contribution >= 4 is 5.96 Å². The first-order valence-electron chi connectivity index (χ1n) is 6.69. The third-order valence-electron chi connectivity index (χ3n) is 2.91. The van der Waals surface area contributed by atoms with Crippen molar-refractivity contribution in [3.63, 3.8) is 0 Å². The van der Waals surface area contributed by atoms with Gasteiger partial charge in [-0.1, -0.05) is 36.4 Å². The van der Waals surface area contributed by atoms with Crippen molar-refractivity contribution in [1.29, 1.82) is 0 Å². The van der Waals surface area contributed by atoms with Gasteiger partial charge in [0.05, 0.1) is 12.2 Å². The highest BCUT2D eigenvalue weighted by Gasteiger charge is 1.99. The van der Waals surface area contributed by atoms with E-state index in [-0.39, 0.29) is 0 Å². The molecule has 0 saturated heterocycles. The van der Waals surface area contributed by atoms with Crippen LogP contribution in [0, 0.1) is 6.92 Å². The zero-order valence-corrected chi connectivity index (χ0v) is 11.9. The molecule has 20 heavy (non-hydrogen) atoms. The minimum Gasteiger partial charge on any atom is -0.352 e. The predicted octanol–water partition coefficient (Wildman–Crippen LogP) is 2.26. The molecule has 0 unspecified atom stereocenters. The van der Waals surface area contributed by atoms with Crippen LogP contribution in [-0.2, 0) is 13.1 Å². The van der Waals surface area contributed by atoms with E-state index in [0.29, 0.717) is 6.54 Å². The number of rotatable bonds is 4. The smallest absolute Gasteiger partial charge is 0.191 e. The SMILES string of the molecule is CN=C(NCc1ccccc1)NCc1cccc(C)n1. The van der Waals surface area contributed by atoms with Crippen LogP contribution in [0.3, 0.4) is 0 Å². The lowest BCUT2D eigenvalue weighted by Gasteiger charge is -2.11. The Morgan fingerprint density at radius 1 is 1.00 bits per heavy atom. The Hall–Kier alpha value is -2.36. The Balaban J connectivity index is 1.84. The van der Waals surface area contributed by atoms with E-state index in [0.717, 1.165) is 23.9 Å². The molecule has 1 aromatic heterocycles. The zero-order chi connectivity index (χ0) is 14.2. The van der Waals surface area contributed by atoms with E-state index < -0.39 is 0 Å². The van der Waals surface area contributed by atoms with E-state index in [2.05, 4.69) is 32.7 Å². The highest BCUT2D eigenvalue weighted by molar-refractivity contribution is 5.79. The lowest BCUT2D eigenvalue weighted by atomic mass is 10.2. The molecule has 1 aromatic carbocycles. The zero-order valence-electron chi connectivity index (χ0n) is 11.9. The maximum absolute atomic E-state index is 4.45. The summed E-state index contributed by atoms with van der Waals surface area (Å²) in [6.07, 6.45) is 0. The number of aromatic nitrogens is 1. The Bertz CT molecular complexity index is 564. The fraction of sp³-hybridized carbons (Fsp3) is 0.250. The largest absolute Gasteiger partial charge is 0.352 e. The number of aryl methyl sites for hydroxylation is 1. The molecule has 104 valence electrons. The highest BCUT2D eigenvalue weighted by atomic mass is 15.2. The Kier molecular flexibility index (Phi) is 5.12. The Labute approximate surface area is 120 Å². The van der Waals surface area contributed by atoms with Crippen molar-refractivity contribution in [3.05, 3.63) is 65.5 Å². The molecule has 4 heteroatoms. The number of pyridine rings is 1. The average Bonchev–Trinajstić information content (AvgIpc) is 2.48. The molecule has 0 atom stereocenters. The van der Waals surface area contributed by atoms with Crippen LogP contribution in [0.25, 0.3) is 0 Å². The first kappa shape index (κ1) is 14.1. The Morgan fingerprint density at radius 3 is 2.45 bits per heavy atom. The number of hydrogen-bond acceptors (Lipinski definition) is 2. The molecule has 1 heterocycles. The van der Waals surface area contributed by atoms with E-state index in [1.165, 1.54) is 5.56 Å². The molecule has 2 rings (SSSR count). The molecule has 0 fully saturated rings. The van der Waals surface area contributed by atoms with Gasteiger partial charge < -0.3 is 10.6 Å². The summed E-state index contributed by atoms with van der Waals surface area (Å²) in [4.78, 5) is 8.66. The third-order valence-corrected chi connectivity index (χ3v) is 2.91. The van der Waals surface area contributed by atoms with Crippen LogP contribution in [0.1, 0.15) is 17.0 Å². The second-order valence-electron chi connectivity index (χ2n) is 4.54.